The summed E-state index contributed by atoms with van der Waals surface area (Å²) in [5, 5.41) is 2.66. The lowest BCUT2D eigenvalue weighted by Crippen LogP contribution is -2.30. The molecular formula is C20H20FNO6. The van der Waals surface area contributed by atoms with Gasteiger partial charge in [-0.25, -0.2) is 4.39 Å². The summed E-state index contributed by atoms with van der Waals surface area (Å²) >= 11 is 0. The Morgan fingerprint density at radius 1 is 1.14 bits per heavy atom. The van der Waals surface area contributed by atoms with E-state index in [-0.39, 0.29) is 12.2 Å². The molecule has 0 aliphatic carbocycles. The summed E-state index contributed by atoms with van der Waals surface area (Å²) in [5.41, 5.74) is 0.914. The van der Waals surface area contributed by atoms with Crippen molar-refractivity contribution in [2.45, 2.75) is 19.4 Å². The molecule has 0 saturated carbocycles. The van der Waals surface area contributed by atoms with Crippen molar-refractivity contribution in [3.05, 3.63) is 47.8 Å². The monoisotopic (exact) mass is 389 g/mol. The number of rotatable bonds is 6. The van der Waals surface area contributed by atoms with Crippen LogP contribution in [0.3, 0.4) is 0 Å². The largest absolute Gasteiger partial charge is 0.494 e. The number of benzene rings is 2. The first-order valence-electron chi connectivity index (χ1n) is 8.68. The van der Waals surface area contributed by atoms with Crippen LogP contribution < -0.4 is 19.5 Å². The molecule has 1 N–H and O–H groups in total. The third kappa shape index (κ3) is 4.70. The number of ether oxygens (including phenoxy) is 4. The maximum atomic E-state index is 13.7. The molecule has 0 saturated heterocycles. The lowest BCUT2D eigenvalue weighted by molar-refractivity contribution is -0.152. The van der Waals surface area contributed by atoms with Crippen LogP contribution in [0.2, 0.25) is 0 Å². The smallest absolute Gasteiger partial charge is 0.311 e. The van der Waals surface area contributed by atoms with Crippen LogP contribution in [0.5, 0.6) is 17.2 Å². The van der Waals surface area contributed by atoms with E-state index in [1.54, 1.807) is 24.3 Å². The molecule has 1 unspecified atom stereocenters. The fourth-order valence-electron chi connectivity index (χ4n) is 2.64. The Morgan fingerprint density at radius 3 is 2.61 bits per heavy atom. The van der Waals surface area contributed by atoms with Gasteiger partial charge in [-0.3, -0.25) is 9.59 Å². The summed E-state index contributed by atoms with van der Waals surface area (Å²) < 4.78 is 34.5. The second-order valence-electron chi connectivity index (χ2n) is 6.13. The SMILES string of the molecule is COc1ccc(CC(=O)OC(C)C(=O)Nc2ccc3c(c2)OCCO3)cc1F. The quantitative estimate of drug-likeness (QED) is 0.765. The van der Waals surface area contributed by atoms with E-state index in [4.69, 9.17) is 18.9 Å². The standard InChI is InChI=1S/C20H20FNO6/c1-12(28-19(23)10-13-3-5-16(25-2)15(21)9-13)20(24)22-14-4-6-17-18(11-14)27-8-7-26-17/h3-6,9,11-12H,7-8,10H2,1-2H3,(H,22,24). The third-order valence-corrected chi connectivity index (χ3v) is 4.05. The van der Waals surface area contributed by atoms with E-state index >= 15 is 0 Å². The van der Waals surface area contributed by atoms with E-state index in [0.29, 0.717) is 36.0 Å². The van der Waals surface area contributed by atoms with Gasteiger partial charge in [0, 0.05) is 11.8 Å². The van der Waals surface area contributed by atoms with E-state index in [1.807, 2.05) is 0 Å². The van der Waals surface area contributed by atoms with Gasteiger partial charge in [0.2, 0.25) is 0 Å². The van der Waals surface area contributed by atoms with Crippen LogP contribution in [-0.4, -0.2) is 38.3 Å². The van der Waals surface area contributed by atoms with Crippen molar-refractivity contribution < 1.29 is 32.9 Å². The molecule has 8 heteroatoms. The van der Waals surface area contributed by atoms with Crippen LogP contribution in [0.1, 0.15) is 12.5 Å². The maximum Gasteiger partial charge on any atom is 0.311 e. The Hall–Kier alpha value is -3.29. The average Bonchev–Trinajstić information content (AvgIpc) is 2.68. The Morgan fingerprint density at radius 2 is 1.89 bits per heavy atom. The molecule has 0 bridgehead atoms. The molecule has 0 fully saturated rings. The van der Waals surface area contributed by atoms with Gasteiger partial charge in [-0.1, -0.05) is 6.07 Å². The molecule has 0 radical (unpaired) electrons. The van der Waals surface area contributed by atoms with E-state index < -0.39 is 23.8 Å². The Kier molecular flexibility index (Phi) is 5.98. The highest BCUT2D eigenvalue weighted by atomic mass is 19.1. The molecule has 1 heterocycles. The number of halogens is 1. The van der Waals surface area contributed by atoms with Crippen molar-refractivity contribution in [1.82, 2.24) is 0 Å². The number of fused-ring (bicyclic) bond motifs is 1. The van der Waals surface area contributed by atoms with Gasteiger partial charge in [0.1, 0.15) is 13.2 Å². The highest BCUT2D eigenvalue weighted by Gasteiger charge is 2.20. The summed E-state index contributed by atoms with van der Waals surface area (Å²) in [5.74, 6) is -0.479. The minimum absolute atomic E-state index is 0.0873. The Balaban J connectivity index is 1.55. The van der Waals surface area contributed by atoms with Crippen molar-refractivity contribution in [2.75, 3.05) is 25.6 Å². The lowest BCUT2D eigenvalue weighted by Gasteiger charge is -2.19. The van der Waals surface area contributed by atoms with Crippen LogP contribution >= 0.6 is 0 Å². The van der Waals surface area contributed by atoms with Gasteiger partial charge in [0.05, 0.1) is 13.5 Å². The van der Waals surface area contributed by atoms with Crippen molar-refractivity contribution in [3.8, 4) is 17.2 Å². The highest BCUT2D eigenvalue weighted by molar-refractivity contribution is 5.95. The average molecular weight is 389 g/mol. The summed E-state index contributed by atoms with van der Waals surface area (Å²) in [6, 6.07) is 9.18. The summed E-state index contributed by atoms with van der Waals surface area (Å²) in [7, 11) is 1.36. The van der Waals surface area contributed by atoms with Crippen LogP contribution in [0.15, 0.2) is 36.4 Å². The van der Waals surface area contributed by atoms with Crippen molar-refractivity contribution in [2.24, 2.45) is 0 Å². The van der Waals surface area contributed by atoms with Crippen LogP contribution in [-0.2, 0) is 20.7 Å². The molecule has 2 aromatic rings. The minimum atomic E-state index is -1.02. The molecule has 7 nitrogen and oxygen atoms in total. The predicted octanol–water partition coefficient (Wildman–Crippen LogP) is 2.72. The number of amides is 1. The first-order valence-corrected chi connectivity index (χ1v) is 8.68. The fraction of sp³-hybridized carbons (Fsp3) is 0.300. The molecule has 28 heavy (non-hydrogen) atoms. The van der Waals surface area contributed by atoms with Crippen LogP contribution in [0.4, 0.5) is 10.1 Å². The minimum Gasteiger partial charge on any atom is -0.494 e. The van der Waals surface area contributed by atoms with Gasteiger partial charge in [-0.2, -0.15) is 0 Å². The normalized spacial score (nSPS) is 13.4. The van der Waals surface area contributed by atoms with Crippen molar-refractivity contribution in [3.63, 3.8) is 0 Å². The lowest BCUT2D eigenvalue weighted by atomic mass is 10.1. The molecule has 0 aromatic heterocycles. The summed E-state index contributed by atoms with van der Waals surface area (Å²) in [6.45, 7) is 2.37. The molecule has 1 aliphatic heterocycles. The van der Waals surface area contributed by atoms with Gasteiger partial charge in [-0.15, -0.1) is 0 Å². The van der Waals surface area contributed by atoms with E-state index in [9.17, 15) is 14.0 Å². The number of hydrogen-bond donors (Lipinski definition) is 1. The topological polar surface area (TPSA) is 83.1 Å². The molecular weight excluding hydrogens is 369 g/mol. The second kappa shape index (κ2) is 8.60. The second-order valence-corrected chi connectivity index (χ2v) is 6.13. The maximum absolute atomic E-state index is 13.7. The van der Waals surface area contributed by atoms with Gasteiger partial charge in [0.15, 0.2) is 29.2 Å². The predicted molar refractivity (Wildman–Crippen MR) is 98.3 cm³/mol. The van der Waals surface area contributed by atoms with Crippen molar-refractivity contribution >= 4 is 17.6 Å². The third-order valence-electron chi connectivity index (χ3n) is 4.05. The number of carbonyl (C=O) groups is 2. The molecule has 3 rings (SSSR count). The molecule has 148 valence electrons. The summed E-state index contributed by atoms with van der Waals surface area (Å²) in [4.78, 5) is 24.3. The Labute approximate surface area is 161 Å². The molecule has 1 atom stereocenters. The number of hydrogen-bond acceptors (Lipinski definition) is 6. The van der Waals surface area contributed by atoms with Gasteiger partial charge < -0.3 is 24.3 Å². The van der Waals surface area contributed by atoms with E-state index in [0.717, 1.165) is 0 Å². The fourth-order valence-corrected chi connectivity index (χ4v) is 2.64. The molecule has 0 spiro atoms. The highest BCUT2D eigenvalue weighted by Crippen LogP contribution is 2.32. The van der Waals surface area contributed by atoms with E-state index in [1.165, 1.54) is 26.2 Å². The van der Waals surface area contributed by atoms with Crippen LogP contribution in [0, 0.1) is 5.82 Å². The van der Waals surface area contributed by atoms with Gasteiger partial charge >= 0.3 is 5.97 Å². The summed E-state index contributed by atoms with van der Waals surface area (Å²) in [6.07, 6.45) is -1.19. The van der Waals surface area contributed by atoms with Gasteiger partial charge in [-0.05, 0) is 36.8 Å². The van der Waals surface area contributed by atoms with Crippen LogP contribution in [0.25, 0.3) is 0 Å². The first kappa shape index (κ1) is 19.5. The molecule has 1 aliphatic rings. The van der Waals surface area contributed by atoms with Gasteiger partial charge in [0.25, 0.3) is 5.91 Å². The number of esters is 1. The zero-order valence-corrected chi connectivity index (χ0v) is 15.5. The zero-order valence-electron chi connectivity index (χ0n) is 15.5. The number of nitrogens with one attached hydrogen (secondary N) is 1. The number of anilines is 1. The molecule has 1 amide bonds. The number of carbonyl (C=O) groups excluding carboxylic acids is 2. The first-order chi connectivity index (χ1) is 13.5. The number of methoxy groups -OCH3 is 1. The Bertz CT molecular complexity index is 885. The zero-order chi connectivity index (χ0) is 20.1. The van der Waals surface area contributed by atoms with E-state index in [2.05, 4.69) is 5.32 Å². The molecule has 2 aromatic carbocycles. The van der Waals surface area contributed by atoms with Crippen molar-refractivity contribution in [1.29, 1.82) is 0 Å².